The predicted molar refractivity (Wildman–Crippen MR) is 71.1 cm³/mol. The summed E-state index contributed by atoms with van der Waals surface area (Å²) in [6.07, 6.45) is 0. The van der Waals surface area contributed by atoms with Crippen molar-refractivity contribution >= 4 is 13.3 Å². The summed E-state index contributed by atoms with van der Waals surface area (Å²) in [5.41, 5.74) is -3.30. The molecule has 1 nitrogen and oxygen atoms in total. The second-order valence-corrected chi connectivity index (χ2v) is 4.63. The summed E-state index contributed by atoms with van der Waals surface area (Å²) in [5, 5.41) is 0. The van der Waals surface area contributed by atoms with Crippen LogP contribution in [0.3, 0.4) is 0 Å². The number of hydrogen-bond acceptors (Lipinski definition) is 1. The summed E-state index contributed by atoms with van der Waals surface area (Å²) in [5.74, 6) is -9.84. The number of ether oxygens (including phenoxy) is 1. The summed E-state index contributed by atoms with van der Waals surface area (Å²) >= 11 is 0. The molecule has 0 saturated heterocycles. The first-order valence-electron chi connectivity index (χ1n) is 6.07. The molecule has 2 aromatic rings. The Bertz CT molecular complexity index is 746. The maximum Gasteiger partial charge on any atom is 0.170 e. The summed E-state index contributed by atoms with van der Waals surface area (Å²) in [7, 11) is 2.07. The van der Waals surface area contributed by atoms with Crippen molar-refractivity contribution in [1.29, 1.82) is 0 Å². The molecule has 0 aromatic heterocycles. The van der Waals surface area contributed by atoms with Gasteiger partial charge in [0.1, 0.15) is 13.7 Å². The van der Waals surface area contributed by atoms with Gasteiger partial charge in [-0.2, -0.15) is 0 Å². The van der Waals surface area contributed by atoms with Gasteiger partial charge in [-0.05, 0) is 18.5 Å². The molecule has 0 N–H and O–H groups in total. The second-order valence-electron chi connectivity index (χ2n) is 4.63. The Kier molecular flexibility index (Phi) is 4.13. The van der Waals surface area contributed by atoms with Crippen LogP contribution in [0.25, 0.3) is 11.1 Å². The Morgan fingerprint density at radius 1 is 0.864 bits per heavy atom. The Morgan fingerprint density at radius 3 is 1.82 bits per heavy atom. The molecule has 8 heteroatoms. The fourth-order valence-corrected chi connectivity index (χ4v) is 2.06. The maximum atomic E-state index is 14.0. The molecule has 116 valence electrons. The first kappa shape index (κ1) is 16.3. The third kappa shape index (κ3) is 2.22. The molecule has 2 aromatic carbocycles. The van der Waals surface area contributed by atoms with Crippen molar-refractivity contribution in [3.8, 4) is 16.9 Å². The highest BCUT2D eigenvalue weighted by Gasteiger charge is 2.28. The molecule has 0 aliphatic carbocycles. The Hall–Kier alpha value is -2.12. The van der Waals surface area contributed by atoms with Crippen LogP contribution in [0.2, 0.25) is 0 Å². The topological polar surface area (TPSA) is 9.23 Å². The van der Waals surface area contributed by atoms with Crippen LogP contribution < -0.4 is 10.2 Å². The van der Waals surface area contributed by atoms with Crippen LogP contribution in [0, 0.1) is 41.8 Å². The van der Waals surface area contributed by atoms with E-state index in [2.05, 4.69) is 4.74 Å². The van der Waals surface area contributed by atoms with Crippen molar-refractivity contribution < 1.29 is 31.1 Å². The van der Waals surface area contributed by atoms with Gasteiger partial charge in [-0.3, -0.25) is 0 Å². The minimum absolute atomic E-state index is 0.450. The third-order valence-electron chi connectivity index (χ3n) is 3.36. The summed E-state index contributed by atoms with van der Waals surface area (Å²) < 4.78 is 87.5. The zero-order valence-corrected chi connectivity index (χ0v) is 11.8. The number of halogens is 6. The van der Waals surface area contributed by atoms with E-state index < -0.39 is 62.8 Å². The molecule has 22 heavy (non-hydrogen) atoms. The molecule has 0 atom stereocenters. The second kappa shape index (κ2) is 5.59. The van der Waals surface area contributed by atoms with Crippen molar-refractivity contribution in [2.24, 2.45) is 0 Å². The average Bonchev–Trinajstić information content (AvgIpc) is 2.49. The highest BCUT2D eigenvalue weighted by atomic mass is 19.2. The standard InChI is InChI=1S/C14H9BF6O/c1-4-9(17)11(19)7(12(20)10(4)18)5-3-6(16)8(15)13(21)14(5)22-2/h3H,15H2,1-2H3. The molecule has 2 rings (SSSR count). The normalized spacial score (nSPS) is 10.9. The predicted octanol–water partition coefficient (Wildman–Crippen LogP) is 2.76. The van der Waals surface area contributed by atoms with Gasteiger partial charge in [-0.1, -0.05) is 0 Å². The molecule has 0 saturated carbocycles. The Balaban J connectivity index is 2.95. The van der Waals surface area contributed by atoms with Gasteiger partial charge < -0.3 is 4.74 Å². The Morgan fingerprint density at radius 2 is 1.36 bits per heavy atom. The van der Waals surface area contributed by atoms with E-state index >= 15 is 0 Å². The van der Waals surface area contributed by atoms with Crippen LogP contribution in [-0.2, 0) is 0 Å². The van der Waals surface area contributed by atoms with Crippen molar-refractivity contribution in [1.82, 2.24) is 0 Å². The highest BCUT2D eigenvalue weighted by Crippen LogP contribution is 2.38. The molecule has 0 aliphatic heterocycles. The van der Waals surface area contributed by atoms with Crippen LogP contribution in [0.15, 0.2) is 6.07 Å². The van der Waals surface area contributed by atoms with Gasteiger partial charge in [0.25, 0.3) is 0 Å². The lowest BCUT2D eigenvalue weighted by atomic mass is 9.90. The molecule has 0 bridgehead atoms. The molecule has 0 unspecified atom stereocenters. The van der Waals surface area contributed by atoms with Crippen molar-refractivity contribution in [3.05, 3.63) is 46.5 Å². The van der Waals surface area contributed by atoms with E-state index in [4.69, 9.17) is 0 Å². The number of methoxy groups -OCH3 is 1. The van der Waals surface area contributed by atoms with E-state index in [1.54, 1.807) is 0 Å². The monoisotopic (exact) mass is 318 g/mol. The van der Waals surface area contributed by atoms with Gasteiger partial charge in [0, 0.05) is 11.1 Å². The van der Waals surface area contributed by atoms with E-state index in [1.165, 1.54) is 0 Å². The number of rotatable bonds is 2. The summed E-state index contributed by atoms with van der Waals surface area (Å²) in [4.78, 5) is 0. The molecule has 0 aliphatic rings. The first-order valence-corrected chi connectivity index (χ1v) is 6.07. The van der Waals surface area contributed by atoms with E-state index in [9.17, 15) is 26.3 Å². The first-order chi connectivity index (χ1) is 10.2. The molecule has 0 amide bonds. The third-order valence-corrected chi connectivity index (χ3v) is 3.36. The van der Waals surface area contributed by atoms with Crippen molar-refractivity contribution in [2.75, 3.05) is 7.11 Å². The molecular weight excluding hydrogens is 309 g/mol. The minimum Gasteiger partial charge on any atom is -0.493 e. The maximum absolute atomic E-state index is 14.0. The zero-order chi connectivity index (χ0) is 16.8. The van der Waals surface area contributed by atoms with Gasteiger partial charge in [-0.25, -0.2) is 26.3 Å². The van der Waals surface area contributed by atoms with E-state index in [0.29, 0.717) is 6.07 Å². The molecule has 0 fully saturated rings. The van der Waals surface area contributed by atoms with Crippen LogP contribution in [0.4, 0.5) is 26.3 Å². The number of benzene rings is 2. The average molecular weight is 318 g/mol. The van der Waals surface area contributed by atoms with Crippen LogP contribution >= 0.6 is 0 Å². The highest BCUT2D eigenvalue weighted by molar-refractivity contribution is 6.33. The fourth-order valence-electron chi connectivity index (χ4n) is 2.06. The quantitative estimate of drug-likeness (QED) is 0.470. The van der Waals surface area contributed by atoms with E-state index in [0.717, 1.165) is 21.9 Å². The van der Waals surface area contributed by atoms with Crippen LogP contribution in [0.1, 0.15) is 5.56 Å². The molecule has 0 spiro atoms. The summed E-state index contributed by atoms with van der Waals surface area (Å²) in [6.45, 7) is 0.841. The van der Waals surface area contributed by atoms with Gasteiger partial charge in [0.15, 0.2) is 34.8 Å². The van der Waals surface area contributed by atoms with Crippen molar-refractivity contribution in [2.45, 2.75) is 6.92 Å². The Labute approximate surface area is 122 Å². The number of hydrogen-bond donors (Lipinski definition) is 0. The SMILES string of the molecule is Bc1c(F)cc(-c2c(F)c(F)c(C)c(F)c2F)c(OC)c1F. The minimum atomic E-state index is -1.75. The summed E-state index contributed by atoms with van der Waals surface area (Å²) in [6, 6.07) is 0.562. The van der Waals surface area contributed by atoms with E-state index in [1.807, 2.05) is 0 Å². The largest absolute Gasteiger partial charge is 0.493 e. The van der Waals surface area contributed by atoms with Gasteiger partial charge in [0.05, 0.1) is 12.7 Å². The van der Waals surface area contributed by atoms with Gasteiger partial charge in [0.2, 0.25) is 0 Å². The fraction of sp³-hybridized carbons (Fsp3) is 0.143. The van der Waals surface area contributed by atoms with Crippen LogP contribution in [0.5, 0.6) is 5.75 Å². The van der Waals surface area contributed by atoms with Crippen LogP contribution in [-0.4, -0.2) is 15.0 Å². The smallest absolute Gasteiger partial charge is 0.170 e. The van der Waals surface area contributed by atoms with Gasteiger partial charge in [-0.15, -0.1) is 0 Å². The zero-order valence-electron chi connectivity index (χ0n) is 11.8. The van der Waals surface area contributed by atoms with E-state index in [-0.39, 0.29) is 0 Å². The van der Waals surface area contributed by atoms with Crippen molar-refractivity contribution in [3.63, 3.8) is 0 Å². The molecule has 0 heterocycles. The lowest BCUT2D eigenvalue weighted by Gasteiger charge is -2.15. The molecular formula is C14H9BF6O. The molecule has 0 radical (unpaired) electrons. The lowest BCUT2D eigenvalue weighted by Crippen LogP contribution is -2.16. The van der Waals surface area contributed by atoms with Gasteiger partial charge >= 0.3 is 0 Å². The lowest BCUT2D eigenvalue weighted by molar-refractivity contribution is 0.386.